The summed E-state index contributed by atoms with van der Waals surface area (Å²) in [6.07, 6.45) is -1.14. The van der Waals surface area contributed by atoms with E-state index in [2.05, 4.69) is 5.32 Å². The number of carbonyl (C=O) groups excluding carboxylic acids is 2. The molecule has 12 heteroatoms. The number of piperazine rings is 1. The fourth-order valence-corrected chi connectivity index (χ4v) is 5.09. The first-order chi connectivity index (χ1) is 17.2. The number of benzene rings is 2. The van der Waals surface area contributed by atoms with Gasteiger partial charge in [-0.1, -0.05) is 30.3 Å². The molecule has 0 aliphatic carbocycles. The summed E-state index contributed by atoms with van der Waals surface area (Å²) in [4.78, 5) is 37.8. The Labute approximate surface area is 209 Å². The van der Waals surface area contributed by atoms with E-state index >= 15 is 0 Å². The van der Waals surface area contributed by atoms with Crippen LogP contribution in [0.2, 0.25) is 0 Å². The van der Waals surface area contributed by atoms with Gasteiger partial charge in [-0.25, -0.2) is 18.0 Å². The molecule has 1 fully saturated rings. The Morgan fingerprint density at radius 2 is 1.64 bits per heavy atom. The summed E-state index contributed by atoms with van der Waals surface area (Å²) in [7, 11) is -2.22. The van der Waals surface area contributed by atoms with Crippen molar-refractivity contribution in [2.45, 2.75) is 30.4 Å². The Bertz CT molecular complexity index is 1150. The molecular formula is C24H29N3O8S. The van der Waals surface area contributed by atoms with Gasteiger partial charge in [0.15, 0.2) is 0 Å². The van der Waals surface area contributed by atoms with Gasteiger partial charge in [0.25, 0.3) is 0 Å². The van der Waals surface area contributed by atoms with Crippen LogP contribution < -0.4 is 10.1 Å². The maximum atomic E-state index is 12.9. The van der Waals surface area contributed by atoms with Gasteiger partial charge in [0.05, 0.1) is 12.0 Å². The van der Waals surface area contributed by atoms with Crippen molar-refractivity contribution in [3.63, 3.8) is 0 Å². The first-order valence-electron chi connectivity index (χ1n) is 11.3. The highest BCUT2D eigenvalue weighted by atomic mass is 32.2. The van der Waals surface area contributed by atoms with Gasteiger partial charge in [0.1, 0.15) is 18.4 Å². The molecule has 11 nitrogen and oxygen atoms in total. The van der Waals surface area contributed by atoms with Gasteiger partial charge in [-0.3, -0.25) is 4.79 Å². The highest BCUT2D eigenvalue weighted by molar-refractivity contribution is 7.89. The Morgan fingerprint density at radius 3 is 2.22 bits per heavy atom. The molecule has 1 heterocycles. The molecule has 2 amide bonds. The molecular weight excluding hydrogens is 490 g/mol. The molecule has 1 atom stereocenters. The number of aliphatic carboxylic acids is 1. The monoisotopic (exact) mass is 519 g/mol. The van der Waals surface area contributed by atoms with Crippen molar-refractivity contribution in [2.75, 3.05) is 33.3 Å². The van der Waals surface area contributed by atoms with E-state index in [9.17, 15) is 27.9 Å². The van der Waals surface area contributed by atoms with Crippen molar-refractivity contribution in [2.24, 2.45) is 0 Å². The molecule has 0 bridgehead atoms. The molecule has 2 N–H and O–H groups in total. The van der Waals surface area contributed by atoms with Crippen LogP contribution in [0.3, 0.4) is 0 Å². The van der Waals surface area contributed by atoms with Crippen LogP contribution in [0.15, 0.2) is 59.5 Å². The zero-order valence-corrected chi connectivity index (χ0v) is 20.6. The van der Waals surface area contributed by atoms with E-state index in [1.807, 2.05) is 6.07 Å². The van der Waals surface area contributed by atoms with E-state index in [1.165, 1.54) is 28.4 Å². The van der Waals surface area contributed by atoms with E-state index < -0.39 is 28.1 Å². The standard InChI is InChI=1S/C24H29N3O8S/c1-34-19-7-9-20(10-8-19)36(32,33)27-15-13-26(14-16-27)22(28)12-11-21(23(29)30)25-24(31)35-17-18-5-3-2-4-6-18/h2-10,21H,11-17H2,1H3,(H,25,31)(H,29,30)/t21-/m0/s1. The number of sulfonamides is 1. The molecule has 0 aromatic heterocycles. The van der Waals surface area contributed by atoms with Gasteiger partial charge >= 0.3 is 12.1 Å². The number of amides is 2. The minimum Gasteiger partial charge on any atom is -0.497 e. The smallest absolute Gasteiger partial charge is 0.408 e. The third-order valence-electron chi connectivity index (χ3n) is 5.74. The number of hydrogen-bond donors (Lipinski definition) is 2. The topological polar surface area (TPSA) is 143 Å². The van der Waals surface area contributed by atoms with Crippen LogP contribution in [0, 0.1) is 0 Å². The molecule has 2 aromatic carbocycles. The van der Waals surface area contributed by atoms with Crippen molar-refractivity contribution in [1.82, 2.24) is 14.5 Å². The number of carbonyl (C=O) groups is 3. The fraction of sp³-hybridized carbons (Fsp3) is 0.375. The van der Waals surface area contributed by atoms with Crippen molar-refractivity contribution in [3.8, 4) is 5.75 Å². The fourth-order valence-electron chi connectivity index (χ4n) is 3.66. The van der Waals surface area contributed by atoms with Crippen LogP contribution in [0.25, 0.3) is 0 Å². The lowest BCUT2D eigenvalue weighted by atomic mass is 10.1. The van der Waals surface area contributed by atoms with Crippen molar-refractivity contribution >= 4 is 28.0 Å². The second-order valence-corrected chi connectivity index (χ2v) is 10.0. The highest BCUT2D eigenvalue weighted by Gasteiger charge is 2.31. The predicted octanol–water partition coefficient (Wildman–Crippen LogP) is 1.69. The van der Waals surface area contributed by atoms with Crippen molar-refractivity contribution < 1.29 is 37.4 Å². The van der Waals surface area contributed by atoms with E-state index in [0.29, 0.717) is 5.75 Å². The number of carboxylic acids is 1. The van der Waals surface area contributed by atoms with E-state index in [0.717, 1.165) is 5.56 Å². The second-order valence-electron chi connectivity index (χ2n) is 8.10. The number of nitrogens with one attached hydrogen (secondary N) is 1. The lowest BCUT2D eigenvalue weighted by molar-refractivity contribution is -0.140. The van der Waals surface area contributed by atoms with Crippen molar-refractivity contribution in [3.05, 3.63) is 60.2 Å². The van der Waals surface area contributed by atoms with Crippen LogP contribution >= 0.6 is 0 Å². The lowest BCUT2D eigenvalue weighted by Gasteiger charge is -2.34. The Balaban J connectivity index is 1.46. The first-order valence-corrected chi connectivity index (χ1v) is 12.8. The summed E-state index contributed by atoms with van der Waals surface area (Å²) < 4.78 is 37.1. The van der Waals surface area contributed by atoms with Crippen LogP contribution in [-0.2, 0) is 31.0 Å². The van der Waals surface area contributed by atoms with Crippen LogP contribution in [0.5, 0.6) is 5.75 Å². The summed E-state index contributed by atoms with van der Waals surface area (Å²) in [5.74, 6) is -1.06. The summed E-state index contributed by atoms with van der Waals surface area (Å²) in [5, 5.41) is 11.7. The first kappa shape index (κ1) is 27.0. The number of carboxylic acid groups (broad SMARTS) is 1. The molecule has 36 heavy (non-hydrogen) atoms. The van der Waals surface area contributed by atoms with Crippen molar-refractivity contribution in [1.29, 1.82) is 0 Å². The SMILES string of the molecule is COc1ccc(S(=O)(=O)N2CCN(C(=O)CC[C@H](NC(=O)OCc3ccccc3)C(=O)O)CC2)cc1. The Hall–Kier alpha value is -3.64. The lowest BCUT2D eigenvalue weighted by Crippen LogP contribution is -2.50. The Morgan fingerprint density at radius 1 is 1.00 bits per heavy atom. The van der Waals surface area contributed by atoms with Gasteiger partial charge in [0.2, 0.25) is 15.9 Å². The van der Waals surface area contributed by atoms with Gasteiger partial charge < -0.3 is 24.8 Å². The van der Waals surface area contributed by atoms with Gasteiger partial charge in [-0.2, -0.15) is 4.31 Å². The summed E-state index contributed by atoms with van der Waals surface area (Å²) in [6, 6.07) is 13.7. The van der Waals surface area contributed by atoms with Gasteiger partial charge in [-0.05, 0) is 36.2 Å². The average Bonchev–Trinajstić information content (AvgIpc) is 2.90. The zero-order chi connectivity index (χ0) is 26.1. The zero-order valence-electron chi connectivity index (χ0n) is 19.8. The largest absolute Gasteiger partial charge is 0.497 e. The summed E-state index contributed by atoms with van der Waals surface area (Å²) >= 11 is 0. The van der Waals surface area contributed by atoms with Crippen LogP contribution in [0.1, 0.15) is 18.4 Å². The maximum Gasteiger partial charge on any atom is 0.408 e. The molecule has 3 rings (SSSR count). The quantitative estimate of drug-likeness (QED) is 0.483. The van der Waals surface area contributed by atoms with Gasteiger partial charge in [-0.15, -0.1) is 0 Å². The highest BCUT2D eigenvalue weighted by Crippen LogP contribution is 2.21. The van der Waals surface area contributed by atoms with Crippen LogP contribution in [-0.4, -0.2) is 80.0 Å². The molecule has 1 aliphatic rings. The number of hydrogen-bond acceptors (Lipinski definition) is 7. The molecule has 0 saturated carbocycles. The van der Waals surface area contributed by atoms with E-state index in [1.54, 1.807) is 36.4 Å². The van der Waals surface area contributed by atoms with E-state index in [4.69, 9.17) is 9.47 Å². The molecule has 194 valence electrons. The third kappa shape index (κ3) is 7.18. The molecule has 1 saturated heterocycles. The average molecular weight is 520 g/mol. The number of nitrogens with zero attached hydrogens (tertiary/aromatic N) is 2. The number of methoxy groups -OCH3 is 1. The summed E-state index contributed by atoms with van der Waals surface area (Å²) in [6.45, 7) is 0.581. The number of ether oxygens (including phenoxy) is 2. The third-order valence-corrected chi connectivity index (χ3v) is 7.65. The minimum atomic E-state index is -3.71. The Kier molecular flexibility index (Phi) is 9.25. The minimum absolute atomic E-state index is 0.0122. The van der Waals surface area contributed by atoms with E-state index in [-0.39, 0.29) is 56.4 Å². The molecule has 0 unspecified atom stereocenters. The number of alkyl carbamates (subject to hydrolysis) is 1. The second kappa shape index (κ2) is 12.4. The molecule has 0 radical (unpaired) electrons. The normalized spacial score (nSPS) is 15.1. The molecule has 0 spiro atoms. The molecule has 2 aromatic rings. The van der Waals surface area contributed by atoms with Crippen LogP contribution in [0.4, 0.5) is 4.79 Å². The van der Waals surface area contributed by atoms with Gasteiger partial charge in [0, 0.05) is 32.6 Å². The summed E-state index contributed by atoms with van der Waals surface area (Å²) in [5.41, 5.74) is 0.753. The number of rotatable bonds is 10. The molecule has 1 aliphatic heterocycles. The predicted molar refractivity (Wildman–Crippen MR) is 129 cm³/mol. The maximum absolute atomic E-state index is 12.9.